The first-order valence-electron chi connectivity index (χ1n) is 5.98. The number of hydrogen-bond donors (Lipinski definition) is 2. The SMILES string of the molecule is CCNC(C)(COC(C)CC(C)C)C(N)=O. The first-order chi connectivity index (χ1) is 7.31. The van der Waals surface area contributed by atoms with E-state index in [4.69, 9.17) is 10.5 Å². The zero-order chi connectivity index (χ0) is 12.8. The molecule has 0 aliphatic heterocycles. The van der Waals surface area contributed by atoms with Gasteiger partial charge in [0.25, 0.3) is 0 Å². The fourth-order valence-corrected chi connectivity index (χ4v) is 1.64. The summed E-state index contributed by atoms with van der Waals surface area (Å²) in [5.41, 5.74) is 4.60. The minimum atomic E-state index is -0.764. The molecule has 4 nitrogen and oxygen atoms in total. The topological polar surface area (TPSA) is 64.3 Å². The van der Waals surface area contributed by atoms with Gasteiger partial charge < -0.3 is 15.8 Å². The van der Waals surface area contributed by atoms with E-state index in [1.807, 2.05) is 13.8 Å². The Morgan fingerprint density at radius 1 is 1.44 bits per heavy atom. The van der Waals surface area contributed by atoms with Crippen LogP contribution in [0.3, 0.4) is 0 Å². The fourth-order valence-electron chi connectivity index (χ4n) is 1.64. The molecule has 2 unspecified atom stereocenters. The van der Waals surface area contributed by atoms with Crippen molar-refractivity contribution in [2.45, 2.75) is 52.7 Å². The summed E-state index contributed by atoms with van der Waals surface area (Å²) in [7, 11) is 0. The molecular formula is C12H26N2O2. The van der Waals surface area contributed by atoms with Crippen LogP contribution in [0.2, 0.25) is 0 Å². The second-order valence-electron chi connectivity index (χ2n) is 4.98. The molecular weight excluding hydrogens is 204 g/mol. The molecule has 0 aliphatic rings. The molecule has 0 spiro atoms. The van der Waals surface area contributed by atoms with Crippen molar-refractivity contribution >= 4 is 5.91 Å². The number of likely N-dealkylation sites (N-methyl/N-ethyl adjacent to an activating group) is 1. The Hall–Kier alpha value is -0.610. The van der Waals surface area contributed by atoms with Gasteiger partial charge in [-0.3, -0.25) is 4.79 Å². The maximum atomic E-state index is 11.3. The molecule has 0 bridgehead atoms. The second kappa shape index (κ2) is 6.86. The molecule has 0 fully saturated rings. The molecule has 0 aromatic carbocycles. The predicted octanol–water partition coefficient (Wildman–Crippen LogP) is 1.29. The molecule has 0 radical (unpaired) electrons. The van der Waals surface area contributed by atoms with Gasteiger partial charge in [-0.05, 0) is 32.7 Å². The smallest absolute Gasteiger partial charge is 0.239 e. The van der Waals surface area contributed by atoms with Gasteiger partial charge in [-0.2, -0.15) is 0 Å². The quantitative estimate of drug-likeness (QED) is 0.660. The Balaban J connectivity index is 4.17. The number of carbonyl (C=O) groups excluding carboxylic acids is 1. The largest absolute Gasteiger partial charge is 0.376 e. The van der Waals surface area contributed by atoms with Crippen molar-refractivity contribution < 1.29 is 9.53 Å². The van der Waals surface area contributed by atoms with Gasteiger partial charge in [0.1, 0.15) is 5.54 Å². The number of carbonyl (C=O) groups is 1. The van der Waals surface area contributed by atoms with Gasteiger partial charge >= 0.3 is 0 Å². The average Bonchev–Trinajstić information content (AvgIpc) is 2.14. The summed E-state index contributed by atoms with van der Waals surface area (Å²) in [6.07, 6.45) is 1.14. The van der Waals surface area contributed by atoms with E-state index in [1.165, 1.54) is 0 Å². The number of hydrogen-bond acceptors (Lipinski definition) is 3. The van der Waals surface area contributed by atoms with Gasteiger partial charge in [0.15, 0.2) is 0 Å². The molecule has 3 N–H and O–H groups in total. The Morgan fingerprint density at radius 3 is 2.38 bits per heavy atom. The lowest BCUT2D eigenvalue weighted by Crippen LogP contribution is -2.56. The Bertz CT molecular complexity index is 219. The number of nitrogens with one attached hydrogen (secondary N) is 1. The van der Waals surface area contributed by atoms with Gasteiger partial charge in [-0.1, -0.05) is 20.8 Å². The van der Waals surface area contributed by atoms with Crippen LogP contribution in [-0.2, 0) is 9.53 Å². The van der Waals surface area contributed by atoms with Crippen LogP contribution >= 0.6 is 0 Å². The fraction of sp³-hybridized carbons (Fsp3) is 0.917. The van der Waals surface area contributed by atoms with Gasteiger partial charge in [0, 0.05) is 0 Å². The summed E-state index contributed by atoms with van der Waals surface area (Å²) in [6, 6.07) is 0. The first kappa shape index (κ1) is 15.4. The molecule has 0 rings (SSSR count). The molecule has 0 saturated heterocycles. The van der Waals surface area contributed by atoms with Crippen LogP contribution in [0.5, 0.6) is 0 Å². The highest BCUT2D eigenvalue weighted by molar-refractivity contribution is 5.84. The van der Waals surface area contributed by atoms with Crippen molar-refractivity contribution in [1.82, 2.24) is 5.32 Å². The molecule has 96 valence electrons. The minimum absolute atomic E-state index is 0.150. The molecule has 0 aromatic heterocycles. The molecule has 0 aromatic rings. The molecule has 0 saturated carbocycles. The van der Waals surface area contributed by atoms with Gasteiger partial charge in [-0.25, -0.2) is 0 Å². The van der Waals surface area contributed by atoms with E-state index >= 15 is 0 Å². The van der Waals surface area contributed by atoms with E-state index in [0.717, 1.165) is 6.42 Å². The van der Waals surface area contributed by atoms with E-state index in [1.54, 1.807) is 6.92 Å². The zero-order valence-electron chi connectivity index (χ0n) is 11.2. The highest BCUT2D eigenvalue weighted by Crippen LogP contribution is 2.11. The number of nitrogens with two attached hydrogens (primary N) is 1. The lowest BCUT2D eigenvalue weighted by Gasteiger charge is -2.28. The van der Waals surface area contributed by atoms with Crippen LogP contribution in [0.1, 0.15) is 41.0 Å². The predicted molar refractivity (Wildman–Crippen MR) is 66.1 cm³/mol. The lowest BCUT2D eigenvalue weighted by molar-refractivity contribution is -0.127. The van der Waals surface area contributed by atoms with Crippen molar-refractivity contribution in [2.24, 2.45) is 11.7 Å². The van der Waals surface area contributed by atoms with Crippen molar-refractivity contribution in [1.29, 1.82) is 0 Å². The zero-order valence-corrected chi connectivity index (χ0v) is 11.2. The van der Waals surface area contributed by atoms with Crippen molar-refractivity contribution in [3.8, 4) is 0 Å². The summed E-state index contributed by atoms with van der Waals surface area (Å²) in [5.74, 6) is 0.222. The van der Waals surface area contributed by atoms with Crippen LogP contribution in [0, 0.1) is 5.92 Å². The van der Waals surface area contributed by atoms with Crippen molar-refractivity contribution in [2.75, 3.05) is 13.2 Å². The molecule has 0 heterocycles. The Morgan fingerprint density at radius 2 is 2.00 bits per heavy atom. The average molecular weight is 230 g/mol. The van der Waals surface area contributed by atoms with E-state index in [0.29, 0.717) is 19.1 Å². The van der Waals surface area contributed by atoms with Crippen LogP contribution in [-0.4, -0.2) is 30.7 Å². The Kier molecular flexibility index (Phi) is 6.60. The van der Waals surface area contributed by atoms with Gasteiger partial charge in [0.05, 0.1) is 12.7 Å². The van der Waals surface area contributed by atoms with Crippen LogP contribution in [0.25, 0.3) is 0 Å². The molecule has 0 aliphatic carbocycles. The third-order valence-electron chi connectivity index (χ3n) is 2.57. The van der Waals surface area contributed by atoms with Crippen LogP contribution in [0.4, 0.5) is 0 Å². The van der Waals surface area contributed by atoms with Crippen LogP contribution < -0.4 is 11.1 Å². The van der Waals surface area contributed by atoms with E-state index in [2.05, 4.69) is 19.2 Å². The van der Waals surface area contributed by atoms with Gasteiger partial charge in [-0.15, -0.1) is 0 Å². The van der Waals surface area contributed by atoms with E-state index in [9.17, 15) is 4.79 Å². The Labute approximate surface area is 98.9 Å². The normalized spacial score (nSPS) is 17.1. The number of ether oxygens (including phenoxy) is 1. The summed E-state index contributed by atoms with van der Waals surface area (Å²) in [6.45, 7) is 11.1. The first-order valence-corrected chi connectivity index (χ1v) is 5.98. The molecule has 4 heteroatoms. The maximum absolute atomic E-state index is 11.3. The number of amides is 1. The van der Waals surface area contributed by atoms with Crippen molar-refractivity contribution in [3.05, 3.63) is 0 Å². The highest BCUT2D eigenvalue weighted by Gasteiger charge is 2.30. The monoisotopic (exact) mass is 230 g/mol. The maximum Gasteiger partial charge on any atom is 0.239 e. The van der Waals surface area contributed by atoms with Crippen LogP contribution in [0.15, 0.2) is 0 Å². The van der Waals surface area contributed by atoms with E-state index < -0.39 is 5.54 Å². The molecule has 2 atom stereocenters. The number of rotatable bonds is 8. The van der Waals surface area contributed by atoms with Gasteiger partial charge in [0.2, 0.25) is 5.91 Å². The molecule has 16 heavy (non-hydrogen) atoms. The highest BCUT2D eigenvalue weighted by atomic mass is 16.5. The standard InChI is InChI=1S/C12H26N2O2/c1-6-14-12(5,11(13)15)8-16-10(4)7-9(2)3/h9-10,14H,6-8H2,1-5H3,(H2,13,15). The number of primary amides is 1. The molecule has 1 amide bonds. The second-order valence-corrected chi connectivity index (χ2v) is 4.98. The lowest BCUT2D eigenvalue weighted by atomic mass is 10.0. The summed E-state index contributed by atoms with van der Waals surface area (Å²) in [5, 5.41) is 3.07. The van der Waals surface area contributed by atoms with Crippen molar-refractivity contribution in [3.63, 3.8) is 0 Å². The third kappa shape index (κ3) is 5.47. The summed E-state index contributed by atoms with van der Waals surface area (Å²) < 4.78 is 5.67. The summed E-state index contributed by atoms with van der Waals surface area (Å²) in [4.78, 5) is 11.3. The summed E-state index contributed by atoms with van der Waals surface area (Å²) >= 11 is 0. The van der Waals surface area contributed by atoms with E-state index in [-0.39, 0.29) is 12.0 Å². The third-order valence-corrected chi connectivity index (χ3v) is 2.57. The minimum Gasteiger partial charge on any atom is -0.376 e.